The van der Waals surface area contributed by atoms with Gasteiger partial charge in [0.15, 0.2) is 6.29 Å². The number of benzene rings is 1. The highest BCUT2D eigenvalue weighted by molar-refractivity contribution is 7.89. The van der Waals surface area contributed by atoms with E-state index in [0.29, 0.717) is 18.5 Å². The summed E-state index contributed by atoms with van der Waals surface area (Å²) in [6.07, 6.45) is 3.72. The first-order valence-electron chi connectivity index (χ1n) is 5.08. The number of hydrogen-bond acceptors (Lipinski definition) is 4. The molecule has 0 aliphatic rings. The molecule has 2 rings (SSSR count). The summed E-state index contributed by atoms with van der Waals surface area (Å²) in [5.41, 5.74) is 1.31. The molecule has 7 heteroatoms. The standard InChI is InChI=1S/C11H11N3O3S/c12-18(16,17)11-3-1-9(2-4-11)6-14-8-13-5-10(14)7-15/h1-5,7-8H,6H2,(H2,12,16,17). The van der Waals surface area contributed by atoms with Gasteiger partial charge in [-0.3, -0.25) is 4.79 Å². The van der Waals surface area contributed by atoms with Crippen molar-refractivity contribution in [3.8, 4) is 0 Å². The van der Waals surface area contributed by atoms with Crippen molar-refractivity contribution < 1.29 is 13.2 Å². The molecule has 0 aliphatic carbocycles. The summed E-state index contributed by atoms with van der Waals surface area (Å²) >= 11 is 0. The number of nitrogens with two attached hydrogens (primary N) is 1. The van der Waals surface area contributed by atoms with Crippen molar-refractivity contribution in [2.24, 2.45) is 5.14 Å². The fourth-order valence-electron chi connectivity index (χ4n) is 1.54. The number of carbonyl (C=O) groups excluding carboxylic acids is 1. The van der Waals surface area contributed by atoms with Crippen LogP contribution in [0.15, 0.2) is 41.7 Å². The van der Waals surface area contributed by atoms with Crippen LogP contribution in [0.1, 0.15) is 16.1 Å². The molecule has 0 spiro atoms. The van der Waals surface area contributed by atoms with Gasteiger partial charge in [0.25, 0.3) is 0 Å². The van der Waals surface area contributed by atoms with Crippen LogP contribution < -0.4 is 5.14 Å². The van der Waals surface area contributed by atoms with Crippen LogP contribution in [-0.4, -0.2) is 24.3 Å². The van der Waals surface area contributed by atoms with E-state index in [2.05, 4.69) is 4.98 Å². The quantitative estimate of drug-likeness (QED) is 0.809. The minimum Gasteiger partial charge on any atom is -0.324 e. The number of aromatic nitrogens is 2. The first-order chi connectivity index (χ1) is 8.50. The van der Waals surface area contributed by atoms with Crippen LogP contribution in [0, 0.1) is 0 Å². The van der Waals surface area contributed by atoms with Gasteiger partial charge in [-0.25, -0.2) is 18.5 Å². The predicted octanol–water partition coefficient (Wildman–Crippen LogP) is 0.391. The molecule has 1 heterocycles. The minimum atomic E-state index is -3.67. The van der Waals surface area contributed by atoms with Crippen molar-refractivity contribution >= 4 is 16.3 Å². The predicted molar refractivity (Wildman–Crippen MR) is 64.5 cm³/mol. The number of hydrogen-bond donors (Lipinski definition) is 1. The Morgan fingerprint density at radius 3 is 2.50 bits per heavy atom. The molecule has 2 aromatic rings. The van der Waals surface area contributed by atoms with E-state index < -0.39 is 10.0 Å². The third-order valence-electron chi connectivity index (χ3n) is 2.47. The number of rotatable bonds is 4. The molecule has 0 unspecified atom stereocenters. The maximum Gasteiger partial charge on any atom is 0.238 e. The number of aldehydes is 1. The zero-order valence-electron chi connectivity index (χ0n) is 9.35. The molecule has 2 N–H and O–H groups in total. The van der Waals surface area contributed by atoms with Gasteiger partial charge in [-0.1, -0.05) is 12.1 Å². The van der Waals surface area contributed by atoms with E-state index in [-0.39, 0.29) is 4.90 Å². The molecule has 0 aliphatic heterocycles. The topological polar surface area (TPSA) is 95.1 Å². The molecule has 1 aromatic heterocycles. The van der Waals surface area contributed by atoms with E-state index in [4.69, 9.17) is 5.14 Å². The second kappa shape index (κ2) is 4.71. The van der Waals surface area contributed by atoms with E-state index >= 15 is 0 Å². The second-order valence-corrected chi connectivity index (χ2v) is 5.31. The van der Waals surface area contributed by atoms with Crippen molar-refractivity contribution in [2.75, 3.05) is 0 Å². The summed E-state index contributed by atoms with van der Waals surface area (Å²) in [6.45, 7) is 0.443. The molecular weight excluding hydrogens is 254 g/mol. The zero-order valence-corrected chi connectivity index (χ0v) is 10.2. The molecule has 0 fully saturated rings. The average Bonchev–Trinajstić information content (AvgIpc) is 2.76. The molecular formula is C11H11N3O3S. The fourth-order valence-corrected chi connectivity index (χ4v) is 2.06. The number of nitrogens with zero attached hydrogens (tertiary/aromatic N) is 2. The average molecular weight is 265 g/mol. The van der Waals surface area contributed by atoms with Crippen LogP contribution in [0.4, 0.5) is 0 Å². The van der Waals surface area contributed by atoms with Crippen molar-refractivity contribution in [1.82, 2.24) is 9.55 Å². The van der Waals surface area contributed by atoms with E-state index in [1.54, 1.807) is 16.7 Å². The van der Waals surface area contributed by atoms with Gasteiger partial charge in [-0.05, 0) is 17.7 Å². The van der Waals surface area contributed by atoms with E-state index in [1.165, 1.54) is 24.7 Å². The maximum atomic E-state index is 11.1. The molecule has 0 saturated carbocycles. The highest BCUT2D eigenvalue weighted by Crippen LogP contribution is 2.10. The van der Waals surface area contributed by atoms with Gasteiger partial charge in [-0.2, -0.15) is 0 Å². The maximum absolute atomic E-state index is 11.1. The van der Waals surface area contributed by atoms with Crippen molar-refractivity contribution in [3.63, 3.8) is 0 Å². The lowest BCUT2D eigenvalue weighted by molar-refractivity contribution is 0.111. The lowest BCUT2D eigenvalue weighted by Gasteiger charge is -2.05. The monoisotopic (exact) mass is 265 g/mol. The van der Waals surface area contributed by atoms with E-state index in [9.17, 15) is 13.2 Å². The molecule has 0 amide bonds. The van der Waals surface area contributed by atoms with Gasteiger partial charge in [0.1, 0.15) is 5.69 Å². The molecule has 0 radical (unpaired) electrons. The molecule has 1 aromatic carbocycles. The molecule has 6 nitrogen and oxygen atoms in total. The van der Waals surface area contributed by atoms with Crippen LogP contribution in [0.3, 0.4) is 0 Å². The Morgan fingerprint density at radius 1 is 1.28 bits per heavy atom. The van der Waals surface area contributed by atoms with Gasteiger partial charge >= 0.3 is 0 Å². The van der Waals surface area contributed by atoms with Crippen molar-refractivity contribution in [3.05, 3.63) is 48.0 Å². The Bertz CT molecular complexity index is 659. The molecule has 0 atom stereocenters. The number of imidazole rings is 1. The van der Waals surface area contributed by atoms with Crippen LogP contribution in [0.5, 0.6) is 0 Å². The van der Waals surface area contributed by atoms with Crippen LogP contribution in [0.25, 0.3) is 0 Å². The Morgan fingerprint density at radius 2 is 1.94 bits per heavy atom. The summed E-state index contributed by atoms with van der Waals surface area (Å²) in [6, 6.07) is 6.16. The van der Waals surface area contributed by atoms with Gasteiger partial charge in [0.2, 0.25) is 10.0 Å². The SMILES string of the molecule is NS(=O)(=O)c1ccc(Cn2cncc2C=O)cc1. The minimum absolute atomic E-state index is 0.0625. The van der Waals surface area contributed by atoms with E-state index in [1.807, 2.05) is 0 Å². The smallest absolute Gasteiger partial charge is 0.238 e. The van der Waals surface area contributed by atoms with Crippen LogP contribution in [0.2, 0.25) is 0 Å². The molecule has 94 valence electrons. The molecule has 0 saturated heterocycles. The Hall–Kier alpha value is -1.99. The first-order valence-corrected chi connectivity index (χ1v) is 6.62. The summed E-state index contributed by atoms with van der Waals surface area (Å²) in [5, 5.41) is 5.00. The van der Waals surface area contributed by atoms with Gasteiger partial charge in [0.05, 0.1) is 17.4 Å². The van der Waals surface area contributed by atoms with Gasteiger partial charge in [0, 0.05) is 6.54 Å². The number of primary sulfonamides is 1. The Kier molecular flexibility index (Phi) is 3.26. The Balaban J connectivity index is 2.24. The summed E-state index contributed by atoms with van der Waals surface area (Å²) in [7, 11) is -3.67. The highest BCUT2D eigenvalue weighted by atomic mass is 32.2. The zero-order chi connectivity index (χ0) is 13.2. The van der Waals surface area contributed by atoms with Crippen molar-refractivity contribution in [1.29, 1.82) is 0 Å². The van der Waals surface area contributed by atoms with E-state index in [0.717, 1.165) is 5.56 Å². The largest absolute Gasteiger partial charge is 0.324 e. The normalized spacial score (nSPS) is 11.4. The first kappa shape index (κ1) is 12.5. The molecule has 18 heavy (non-hydrogen) atoms. The lowest BCUT2D eigenvalue weighted by Crippen LogP contribution is -2.12. The van der Waals surface area contributed by atoms with Gasteiger partial charge in [-0.15, -0.1) is 0 Å². The number of sulfonamides is 1. The fraction of sp³-hybridized carbons (Fsp3) is 0.0909. The highest BCUT2D eigenvalue weighted by Gasteiger charge is 2.07. The third kappa shape index (κ3) is 2.63. The third-order valence-corrected chi connectivity index (χ3v) is 3.40. The number of carbonyl (C=O) groups is 1. The van der Waals surface area contributed by atoms with Crippen molar-refractivity contribution in [2.45, 2.75) is 11.4 Å². The van der Waals surface area contributed by atoms with Crippen LogP contribution in [-0.2, 0) is 16.6 Å². The summed E-state index contributed by atoms with van der Waals surface area (Å²) < 4.78 is 23.8. The van der Waals surface area contributed by atoms with Gasteiger partial charge < -0.3 is 4.57 Å². The lowest BCUT2D eigenvalue weighted by atomic mass is 10.2. The second-order valence-electron chi connectivity index (χ2n) is 3.75. The molecule has 0 bridgehead atoms. The Labute approximate surface area is 104 Å². The summed E-state index contributed by atoms with van der Waals surface area (Å²) in [4.78, 5) is 14.6. The van der Waals surface area contributed by atoms with Crippen LogP contribution >= 0.6 is 0 Å². The summed E-state index contributed by atoms with van der Waals surface area (Å²) in [5.74, 6) is 0.